The molecule has 2 aromatic carbocycles. The Kier molecular flexibility index (Phi) is 9.05. The maximum Gasteiger partial charge on any atom is 0.192 e. The van der Waals surface area contributed by atoms with Gasteiger partial charge in [0.05, 0.1) is 13.2 Å². The minimum atomic E-state index is -1.61. The van der Waals surface area contributed by atoms with Gasteiger partial charge >= 0.3 is 0 Å². The number of benzene rings is 2. The fraction of sp³-hybridized carbons (Fsp3) is 0.400. The lowest BCUT2D eigenvalue weighted by Gasteiger charge is -2.36. The highest BCUT2D eigenvalue weighted by atomic mass is 79.9. The first-order valence-corrected chi connectivity index (χ1v) is 12.8. The van der Waals surface area contributed by atoms with E-state index < -0.39 is 8.32 Å². The van der Waals surface area contributed by atoms with Gasteiger partial charge < -0.3 is 9.53 Å². The molecule has 0 bridgehead atoms. The number of hydrogen-bond acceptors (Lipinski definition) is 2. The highest BCUT2D eigenvalue weighted by Gasteiger charge is 2.36. The first-order chi connectivity index (χ1) is 11.5. The molecule has 5 heteroatoms. The van der Waals surface area contributed by atoms with E-state index in [4.69, 9.17) is 9.53 Å². The number of aliphatic hydroxyl groups excluding tert-OH is 1. The zero-order chi connectivity index (χ0) is 19.1. The molecule has 0 saturated heterocycles. The minimum Gasteiger partial charge on any atom is -0.413 e. The largest absolute Gasteiger partial charge is 0.413 e. The van der Waals surface area contributed by atoms with Crippen LogP contribution in [-0.4, -0.2) is 13.4 Å². The normalized spacial score (nSPS) is 11.7. The fourth-order valence-electron chi connectivity index (χ4n) is 1.65. The molecular weight excluding hydrogens is 460 g/mol. The molecule has 0 heterocycles. The van der Waals surface area contributed by atoms with E-state index in [1.165, 1.54) is 5.56 Å². The molecular formula is C20H28Br2O2Si. The molecule has 0 aliphatic carbocycles. The van der Waals surface area contributed by atoms with E-state index in [1.807, 2.05) is 24.3 Å². The summed E-state index contributed by atoms with van der Waals surface area (Å²) in [7, 11) is -1.61. The van der Waals surface area contributed by atoms with Crippen molar-refractivity contribution in [1.29, 1.82) is 0 Å². The molecule has 0 atom stereocenters. The molecule has 0 spiro atoms. The van der Waals surface area contributed by atoms with Crippen molar-refractivity contribution in [1.82, 2.24) is 0 Å². The predicted octanol–water partition coefficient (Wildman–Crippen LogP) is 6.91. The highest BCUT2D eigenvalue weighted by molar-refractivity contribution is 9.10. The van der Waals surface area contributed by atoms with Crippen LogP contribution in [0.5, 0.6) is 0 Å². The molecule has 0 saturated carbocycles. The van der Waals surface area contributed by atoms with E-state index in [1.54, 1.807) is 0 Å². The quantitative estimate of drug-likeness (QED) is 0.474. The SMILES string of the molecule is CC(C)(C)[Si](C)(C)OCc1ccc(Br)cc1.OCc1ccc(Br)cc1. The Hall–Kier alpha value is -0.463. The van der Waals surface area contributed by atoms with Gasteiger partial charge in [-0.3, -0.25) is 0 Å². The predicted molar refractivity (Wildman–Crippen MR) is 116 cm³/mol. The lowest BCUT2D eigenvalue weighted by molar-refractivity contribution is 0.276. The Balaban J connectivity index is 0.000000293. The van der Waals surface area contributed by atoms with Crippen molar-refractivity contribution in [3.05, 3.63) is 68.6 Å². The van der Waals surface area contributed by atoms with Crippen molar-refractivity contribution < 1.29 is 9.53 Å². The third kappa shape index (κ3) is 8.18. The van der Waals surface area contributed by atoms with Crippen LogP contribution in [0.4, 0.5) is 0 Å². The molecule has 25 heavy (non-hydrogen) atoms. The van der Waals surface area contributed by atoms with Crippen LogP contribution in [0.2, 0.25) is 18.1 Å². The van der Waals surface area contributed by atoms with Crippen LogP contribution in [0.25, 0.3) is 0 Å². The minimum absolute atomic E-state index is 0.118. The summed E-state index contributed by atoms with van der Waals surface area (Å²) in [5, 5.41) is 8.89. The van der Waals surface area contributed by atoms with Gasteiger partial charge in [-0.15, -0.1) is 0 Å². The third-order valence-corrected chi connectivity index (χ3v) is 9.95. The molecule has 1 N–H and O–H groups in total. The van der Waals surface area contributed by atoms with Gasteiger partial charge in [0.2, 0.25) is 0 Å². The highest BCUT2D eigenvalue weighted by Crippen LogP contribution is 2.37. The molecule has 2 nitrogen and oxygen atoms in total. The number of halogens is 2. The van der Waals surface area contributed by atoms with Crippen molar-refractivity contribution in [3.8, 4) is 0 Å². The van der Waals surface area contributed by atoms with Gasteiger partial charge in [-0.25, -0.2) is 0 Å². The van der Waals surface area contributed by atoms with Crippen LogP contribution in [0.15, 0.2) is 57.5 Å². The Labute approximate surface area is 170 Å². The summed E-state index contributed by atoms with van der Waals surface area (Å²) in [4.78, 5) is 0. The molecule has 2 rings (SSSR count). The standard InChI is InChI=1S/C13H21BrOSi.C7H7BrO/c1-13(2,3)16(4,5)15-10-11-6-8-12(14)9-7-11;8-7-3-1-6(5-9)2-4-7/h6-9H,10H2,1-5H3;1-4,9H,5H2. The van der Waals surface area contributed by atoms with E-state index in [-0.39, 0.29) is 11.6 Å². The van der Waals surface area contributed by atoms with Gasteiger partial charge in [0.15, 0.2) is 8.32 Å². The van der Waals surface area contributed by atoms with Crippen molar-refractivity contribution in [3.63, 3.8) is 0 Å². The third-order valence-electron chi connectivity index (χ3n) is 4.41. The summed E-state index contributed by atoms with van der Waals surface area (Å²) in [6.07, 6.45) is 0. The summed E-state index contributed by atoms with van der Waals surface area (Å²) in [6.45, 7) is 12.2. The van der Waals surface area contributed by atoms with Crippen LogP contribution in [0.1, 0.15) is 31.9 Å². The van der Waals surface area contributed by atoms with E-state index in [0.29, 0.717) is 0 Å². The second kappa shape index (κ2) is 10.0. The van der Waals surface area contributed by atoms with E-state index in [0.717, 1.165) is 21.1 Å². The first kappa shape index (κ1) is 22.6. The van der Waals surface area contributed by atoms with Gasteiger partial charge in [0.25, 0.3) is 0 Å². The zero-order valence-corrected chi connectivity index (χ0v) is 19.8. The lowest BCUT2D eigenvalue weighted by Crippen LogP contribution is -2.40. The van der Waals surface area contributed by atoms with Gasteiger partial charge in [-0.05, 0) is 53.5 Å². The van der Waals surface area contributed by atoms with Gasteiger partial charge in [0.1, 0.15) is 0 Å². The molecule has 0 aliphatic rings. The average molecular weight is 488 g/mol. The zero-order valence-electron chi connectivity index (χ0n) is 15.6. The van der Waals surface area contributed by atoms with Crippen molar-refractivity contribution in [2.24, 2.45) is 0 Å². The van der Waals surface area contributed by atoms with Crippen LogP contribution in [0, 0.1) is 0 Å². The van der Waals surface area contributed by atoms with Crippen LogP contribution < -0.4 is 0 Å². The molecule has 0 fully saturated rings. The van der Waals surface area contributed by atoms with Gasteiger partial charge in [-0.1, -0.05) is 76.9 Å². The molecule has 0 aliphatic heterocycles. The van der Waals surface area contributed by atoms with E-state index >= 15 is 0 Å². The molecule has 0 unspecified atom stereocenters. The smallest absolute Gasteiger partial charge is 0.192 e. The van der Waals surface area contributed by atoms with Crippen molar-refractivity contribution in [2.45, 2.75) is 52.1 Å². The first-order valence-electron chi connectivity index (χ1n) is 8.29. The van der Waals surface area contributed by atoms with Crippen LogP contribution in [0.3, 0.4) is 0 Å². The Morgan fingerprint density at radius 1 is 0.840 bits per heavy atom. The number of hydrogen-bond donors (Lipinski definition) is 1. The molecule has 0 amide bonds. The Morgan fingerprint density at radius 2 is 1.24 bits per heavy atom. The number of rotatable bonds is 4. The van der Waals surface area contributed by atoms with Gasteiger partial charge in [0, 0.05) is 8.95 Å². The summed E-state index contributed by atoms with van der Waals surface area (Å²) in [6, 6.07) is 15.9. The Bertz CT molecular complexity index is 632. The topological polar surface area (TPSA) is 29.5 Å². The van der Waals surface area contributed by atoms with Crippen molar-refractivity contribution >= 4 is 40.2 Å². The summed E-state index contributed by atoms with van der Waals surface area (Å²) < 4.78 is 8.30. The fourth-order valence-corrected chi connectivity index (χ4v) is 3.14. The number of aliphatic hydroxyl groups is 1. The maximum atomic E-state index is 8.61. The molecule has 138 valence electrons. The second-order valence-electron chi connectivity index (χ2n) is 7.46. The second-order valence-corrected chi connectivity index (χ2v) is 14.1. The molecule has 0 aromatic heterocycles. The van der Waals surface area contributed by atoms with Crippen LogP contribution >= 0.6 is 31.9 Å². The summed E-state index contributed by atoms with van der Waals surface area (Å²) in [5.74, 6) is 0. The van der Waals surface area contributed by atoms with E-state index in [2.05, 4.69) is 90.0 Å². The van der Waals surface area contributed by atoms with Gasteiger partial charge in [-0.2, -0.15) is 0 Å². The average Bonchev–Trinajstić information content (AvgIpc) is 2.55. The maximum absolute atomic E-state index is 8.61. The Morgan fingerprint density at radius 3 is 1.60 bits per heavy atom. The monoisotopic (exact) mass is 486 g/mol. The lowest BCUT2D eigenvalue weighted by atomic mass is 10.2. The summed E-state index contributed by atoms with van der Waals surface area (Å²) in [5.41, 5.74) is 2.19. The molecule has 2 aromatic rings. The van der Waals surface area contributed by atoms with Crippen LogP contribution in [-0.2, 0) is 17.6 Å². The van der Waals surface area contributed by atoms with E-state index in [9.17, 15) is 0 Å². The molecule has 0 radical (unpaired) electrons. The van der Waals surface area contributed by atoms with Crippen molar-refractivity contribution in [2.75, 3.05) is 0 Å². The summed E-state index contributed by atoms with van der Waals surface area (Å²) >= 11 is 6.73.